The van der Waals surface area contributed by atoms with Gasteiger partial charge in [-0.15, -0.1) is 0 Å². The van der Waals surface area contributed by atoms with Crippen molar-refractivity contribution in [3.63, 3.8) is 0 Å². The molecule has 1 aromatic carbocycles. The maximum absolute atomic E-state index is 13.0. The van der Waals surface area contributed by atoms with Crippen molar-refractivity contribution >= 4 is 11.7 Å². The molecule has 1 aromatic heterocycles. The molecule has 0 bridgehead atoms. The van der Waals surface area contributed by atoms with E-state index in [2.05, 4.69) is 20.6 Å². The highest BCUT2D eigenvalue weighted by Crippen LogP contribution is 2.34. The first-order valence-electron chi connectivity index (χ1n) is 8.69. The molecule has 0 radical (unpaired) electrons. The zero-order valence-corrected chi connectivity index (χ0v) is 14.7. The van der Waals surface area contributed by atoms with Crippen molar-refractivity contribution in [3.8, 4) is 6.01 Å². The Kier molecular flexibility index (Phi) is 5.96. The maximum atomic E-state index is 13.0. The largest absolute Gasteiger partial charge is 0.460 e. The molecule has 28 heavy (non-hydrogen) atoms. The van der Waals surface area contributed by atoms with Crippen molar-refractivity contribution in [2.24, 2.45) is 0 Å². The average Bonchev–Trinajstić information content (AvgIpc) is 2.65. The minimum absolute atomic E-state index is 0.0827. The van der Waals surface area contributed by atoms with Crippen LogP contribution in [0.4, 0.5) is 28.0 Å². The third kappa shape index (κ3) is 5.30. The number of nitrogens with zero attached hydrogens (tertiary/aromatic N) is 2. The summed E-state index contributed by atoms with van der Waals surface area (Å²) in [5, 5.41) is 4.95. The third-order valence-corrected chi connectivity index (χ3v) is 4.36. The van der Waals surface area contributed by atoms with Crippen LogP contribution in [0.15, 0.2) is 36.7 Å². The molecule has 0 atom stereocenters. The maximum Gasteiger partial charge on any atom is 0.418 e. The number of carbonyl (C=O) groups excluding carboxylic acids is 1. The van der Waals surface area contributed by atoms with Gasteiger partial charge in [0.25, 0.3) is 0 Å². The number of carbonyl (C=O) groups is 1. The van der Waals surface area contributed by atoms with Gasteiger partial charge in [0.15, 0.2) is 5.82 Å². The van der Waals surface area contributed by atoms with E-state index in [1.165, 1.54) is 18.2 Å². The lowest BCUT2D eigenvalue weighted by Gasteiger charge is -2.29. The Morgan fingerprint density at radius 3 is 2.36 bits per heavy atom. The van der Waals surface area contributed by atoms with Gasteiger partial charge in [0.1, 0.15) is 6.10 Å². The van der Waals surface area contributed by atoms with E-state index in [-0.39, 0.29) is 23.8 Å². The fourth-order valence-corrected chi connectivity index (χ4v) is 3.02. The summed E-state index contributed by atoms with van der Waals surface area (Å²) in [5.41, 5.74) is -1.19. The zero-order chi connectivity index (χ0) is 20.1. The summed E-state index contributed by atoms with van der Waals surface area (Å²) in [5.74, 6) is -0.557. The number of hydrogen-bond donors (Lipinski definition) is 2. The van der Waals surface area contributed by atoms with Crippen LogP contribution in [0.25, 0.3) is 0 Å². The second-order valence-corrected chi connectivity index (χ2v) is 6.42. The van der Waals surface area contributed by atoms with Crippen molar-refractivity contribution < 1.29 is 27.1 Å². The van der Waals surface area contributed by atoms with Gasteiger partial charge in [-0.25, -0.2) is 19.2 Å². The van der Waals surface area contributed by atoms with E-state index in [0.717, 1.165) is 18.5 Å². The van der Waals surface area contributed by atoms with Gasteiger partial charge in [0, 0.05) is 6.04 Å². The number of benzene rings is 1. The Balaban J connectivity index is 1.48. The van der Waals surface area contributed by atoms with Crippen LogP contribution in [0.1, 0.15) is 31.2 Å². The third-order valence-electron chi connectivity index (χ3n) is 4.36. The Hall–Kier alpha value is -2.91. The van der Waals surface area contributed by atoms with Crippen molar-refractivity contribution in [2.45, 2.75) is 44.0 Å². The fraction of sp³-hybridized carbons (Fsp3) is 0.389. The number of nitrogens with one attached hydrogen (secondary N) is 2. The first-order valence-corrected chi connectivity index (χ1v) is 8.69. The van der Waals surface area contributed by atoms with Gasteiger partial charge in [0.05, 0.1) is 23.6 Å². The second kappa shape index (κ2) is 8.41. The second-order valence-electron chi connectivity index (χ2n) is 6.42. The summed E-state index contributed by atoms with van der Waals surface area (Å²) < 4.78 is 57.3. The van der Waals surface area contributed by atoms with Crippen LogP contribution in [0.2, 0.25) is 0 Å². The Bertz CT molecular complexity index is 806. The fourth-order valence-electron chi connectivity index (χ4n) is 3.02. The van der Waals surface area contributed by atoms with Crippen LogP contribution in [0.5, 0.6) is 6.01 Å². The van der Waals surface area contributed by atoms with Crippen LogP contribution < -0.4 is 15.4 Å². The van der Waals surface area contributed by atoms with Crippen molar-refractivity contribution in [2.75, 3.05) is 5.32 Å². The molecule has 2 aromatic rings. The SMILES string of the molecule is O=C(Nc1ccccc1C(F)(F)F)NC1CCC(Oc2ncc(F)cn2)CC1. The normalized spacial score (nSPS) is 19.7. The Morgan fingerprint density at radius 2 is 1.71 bits per heavy atom. The van der Waals surface area contributed by atoms with E-state index in [4.69, 9.17) is 4.74 Å². The lowest BCUT2D eigenvalue weighted by atomic mass is 9.93. The molecule has 1 saturated carbocycles. The Labute approximate surface area is 158 Å². The monoisotopic (exact) mass is 398 g/mol. The van der Waals surface area contributed by atoms with Crippen molar-refractivity contribution in [1.82, 2.24) is 15.3 Å². The molecule has 1 aliphatic rings. The summed E-state index contributed by atoms with van der Waals surface area (Å²) >= 11 is 0. The lowest BCUT2D eigenvalue weighted by molar-refractivity contribution is -0.136. The average molecular weight is 398 g/mol. The van der Waals surface area contributed by atoms with Gasteiger partial charge >= 0.3 is 18.2 Å². The summed E-state index contributed by atoms with van der Waals surface area (Å²) in [6.45, 7) is 0. The minimum Gasteiger partial charge on any atom is -0.460 e. The molecule has 3 rings (SSSR count). The number of amides is 2. The Morgan fingerprint density at radius 1 is 1.07 bits per heavy atom. The molecule has 10 heteroatoms. The number of hydrogen-bond acceptors (Lipinski definition) is 4. The number of para-hydroxylation sites is 1. The van der Waals surface area contributed by atoms with Gasteiger partial charge in [-0.3, -0.25) is 0 Å². The highest BCUT2D eigenvalue weighted by molar-refractivity contribution is 5.90. The van der Waals surface area contributed by atoms with Crippen LogP contribution in [0.3, 0.4) is 0 Å². The van der Waals surface area contributed by atoms with Crippen LogP contribution in [-0.4, -0.2) is 28.1 Å². The highest BCUT2D eigenvalue weighted by atomic mass is 19.4. The van der Waals surface area contributed by atoms with E-state index < -0.39 is 23.6 Å². The molecule has 2 amide bonds. The van der Waals surface area contributed by atoms with E-state index in [0.29, 0.717) is 25.7 Å². The van der Waals surface area contributed by atoms with Crippen molar-refractivity contribution in [3.05, 3.63) is 48.0 Å². The van der Waals surface area contributed by atoms with Crippen LogP contribution >= 0.6 is 0 Å². The predicted octanol–water partition coefficient (Wildman–Crippen LogP) is 4.15. The zero-order valence-electron chi connectivity index (χ0n) is 14.7. The lowest BCUT2D eigenvalue weighted by Crippen LogP contribution is -2.42. The molecule has 1 heterocycles. The van der Waals surface area contributed by atoms with E-state index in [1.807, 2.05) is 0 Å². The van der Waals surface area contributed by atoms with Crippen LogP contribution in [-0.2, 0) is 6.18 Å². The molecular formula is C18H18F4N4O2. The summed E-state index contributed by atoms with van der Waals surface area (Å²) in [4.78, 5) is 19.6. The molecule has 2 N–H and O–H groups in total. The molecular weight excluding hydrogens is 380 g/mol. The summed E-state index contributed by atoms with van der Waals surface area (Å²) in [7, 11) is 0. The predicted molar refractivity (Wildman–Crippen MR) is 92.3 cm³/mol. The number of anilines is 1. The molecule has 150 valence electrons. The first-order chi connectivity index (χ1) is 13.3. The van der Waals surface area contributed by atoms with E-state index in [9.17, 15) is 22.4 Å². The summed E-state index contributed by atoms with van der Waals surface area (Å²) in [6, 6.07) is 4.00. The van der Waals surface area contributed by atoms with Gasteiger partial charge < -0.3 is 15.4 Å². The van der Waals surface area contributed by atoms with Crippen molar-refractivity contribution in [1.29, 1.82) is 0 Å². The highest BCUT2D eigenvalue weighted by Gasteiger charge is 2.33. The number of urea groups is 1. The molecule has 0 saturated heterocycles. The smallest absolute Gasteiger partial charge is 0.418 e. The molecule has 0 unspecified atom stereocenters. The van der Waals surface area contributed by atoms with Crippen LogP contribution in [0, 0.1) is 5.82 Å². The van der Waals surface area contributed by atoms with Gasteiger partial charge in [-0.2, -0.15) is 13.2 Å². The first kappa shape index (κ1) is 19.8. The number of aromatic nitrogens is 2. The van der Waals surface area contributed by atoms with Gasteiger partial charge in [-0.1, -0.05) is 12.1 Å². The minimum atomic E-state index is -4.55. The number of rotatable bonds is 4. The summed E-state index contributed by atoms with van der Waals surface area (Å²) in [6.07, 6.45) is -0.327. The van der Waals surface area contributed by atoms with E-state index >= 15 is 0 Å². The van der Waals surface area contributed by atoms with Gasteiger partial charge in [0.2, 0.25) is 0 Å². The topological polar surface area (TPSA) is 76.1 Å². The molecule has 0 aliphatic heterocycles. The molecule has 6 nitrogen and oxygen atoms in total. The molecule has 1 fully saturated rings. The number of alkyl halides is 3. The quantitative estimate of drug-likeness (QED) is 0.759. The van der Waals surface area contributed by atoms with Gasteiger partial charge in [-0.05, 0) is 37.8 Å². The number of halogens is 4. The van der Waals surface area contributed by atoms with E-state index in [1.54, 1.807) is 0 Å². The molecule has 0 spiro atoms. The standard InChI is InChI=1S/C18H18F4N4O2/c19-11-9-23-17(24-10-11)28-13-7-5-12(6-8-13)25-16(27)26-15-4-2-1-3-14(15)18(20,21)22/h1-4,9-10,12-13H,5-8H2,(H2,25,26,27). The molecule has 1 aliphatic carbocycles. The number of ether oxygens (including phenoxy) is 1.